The van der Waals surface area contributed by atoms with Gasteiger partial charge < -0.3 is 10.2 Å². The average molecular weight is 372 g/mol. The number of fused-ring (bicyclic) bond motifs is 1. The highest BCUT2D eigenvalue weighted by Gasteiger charge is 2.35. The van der Waals surface area contributed by atoms with Crippen LogP contribution < -0.4 is 5.32 Å². The SMILES string of the molecule is C[C@H]1CCCN(C(=O)C[C@@H]2Sc3ccc(C(F)(F)F)cc3NC2=O)C1. The molecule has 0 aromatic heterocycles. The van der Waals surface area contributed by atoms with Crippen LogP contribution in [-0.2, 0) is 15.8 Å². The van der Waals surface area contributed by atoms with Gasteiger partial charge in [-0.2, -0.15) is 13.2 Å². The minimum Gasteiger partial charge on any atom is -0.342 e. The average Bonchev–Trinajstić information content (AvgIpc) is 2.54. The van der Waals surface area contributed by atoms with Gasteiger partial charge in [0.2, 0.25) is 11.8 Å². The number of thioether (sulfide) groups is 1. The Morgan fingerprint density at radius 3 is 2.84 bits per heavy atom. The molecule has 1 fully saturated rings. The lowest BCUT2D eigenvalue weighted by molar-refractivity contribution is -0.137. The minimum absolute atomic E-state index is 0.0592. The van der Waals surface area contributed by atoms with Gasteiger partial charge in [-0.15, -0.1) is 11.8 Å². The van der Waals surface area contributed by atoms with Gasteiger partial charge in [0.05, 0.1) is 16.5 Å². The van der Waals surface area contributed by atoms with E-state index in [1.807, 2.05) is 0 Å². The number of rotatable bonds is 2. The second kappa shape index (κ2) is 6.90. The lowest BCUT2D eigenvalue weighted by atomic mass is 10.00. The molecule has 2 amide bonds. The second-order valence-corrected chi connectivity index (χ2v) is 7.84. The zero-order chi connectivity index (χ0) is 18.2. The molecule has 8 heteroatoms. The molecule has 2 aliphatic heterocycles. The summed E-state index contributed by atoms with van der Waals surface area (Å²) in [6.45, 7) is 3.49. The van der Waals surface area contributed by atoms with Crippen LogP contribution in [-0.4, -0.2) is 35.1 Å². The number of amides is 2. The highest BCUT2D eigenvalue weighted by atomic mass is 32.2. The normalized spacial score (nSPS) is 23.8. The molecule has 0 saturated carbocycles. The van der Waals surface area contributed by atoms with Crippen LogP contribution in [0.1, 0.15) is 31.7 Å². The highest BCUT2D eigenvalue weighted by Crippen LogP contribution is 2.40. The molecule has 1 aromatic carbocycles. The summed E-state index contributed by atoms with van der Waals surface area (Å²) >= 11 is 1.15. The first-order chi connectivity index (χ1) is 11.7. The number of hydrogen-bond donors (Lipinski definition) is 1. The number of carbonyl (C=O) groups is 2. The summed E-state index contributed by atoms with van der Waals surface area (Å²) < 4.78 is 38.3. The summed E-state index contributed by atoms with van der Waals surface area (Å²) in [6.07, 6.45) is -2.34. The van der Waals surface area contributed by atoms with Gasteiger partial charge >= 0.3 is 6.18 Å². The minimum atomic E-state index is -4.46. The highest BCUT2D eigenvalue weighted by molar-refractivity contribution is 8.01. The number of hydrogen-bond acceptors (Lipinski definition) is 3. The standard InChI is InChI=1S/C17H19F3N2O2S/c1-10-3-2-6-22(9-10)15(23)8-14-16(24)21-12-7-11(17(18,19)20)4-5-13(12)25-14/h4-5,7,10,14H,2-3,6,8-9H2,1H3,(H,21,24)/t10-,14-/m0/s1. The molecule has 0 unspecified atom stereocenters. The maximum absolute atomic E-state index is 12.8. The van der Waals surface area contributed by atoms with Crippen LogP contribution in [0.5, 0.6) is 0 Å². The molecule has 4 nitrogen and oxygen atoms in total. The van der Waals surface area contributed by atoms with E-state index in [1.165, 1.54) is 6.07 Å². The van der Waals surface area contributed by atoms with Gasteiger partial charge in [0.25, 0.3) is 0 Å². The number of alkyl halides is 3. The fourth-order valence-electron chi connectivity index (χ4n) is 3.16. The van der Waals surface area contributed by atoms with E-state index in [1.54, 1.807) is 4.90 Å². The topological polar surface area (TPSA) is 49.4 Å². The van der Waals surface area contributed by atoms with E-state index in [4.69, 9.17) is 0 Å². The van der Waals surface area contributed by atoms with E-state index in [9.17, 15) is 22.8 Å². The van der Waals surface area contributed by atoms with E-state index >= 15 is 0 Å². The van der Waals surface area contributed by atoms with Crippen LogP contribution in [0.3, 0.4) is 0 Å². The molecule has 1 aromatic rings. The van der Waals surface area contributed by atoms with Crippen molar-refractivity contribution in [1.29, 1.82) is 0 Å². The van der Waals surface area contributed by atoms with Gasteiger partial charge in [-0.05, 0) is 37.0 Å². The molecule has 3 rings (SSSR count). The number of anilines is 1. The third kappa shape index (κ3) is 4.11. The third-order valence-electron chi connectivity index (χ3n) is 4.50. The molecule has 2 aliphatic rings. The van der Waals surface area contributed by atoms with Crippen LogP contribution in [0.4, 0.5) is 18.9 Å². The Labute approximate surface area is 148 Å². The molecule has 25 heavy (non-hydrogen) atoms. The van der Waals surface area contributed by atoms with Crippen LogP contribution in [0, 0.1) is 5.92 Å². The zero-order valence-corrected chi connectivity index (χ0v) is 14.5. The summed E-state index contributed by atoms with van der Waals surface area (Å²) in [5, 5.41) is 1.89. The van der Waals surface area contributed by atoms with Crippen LogP contribution >= 0.6 is 11.8 Å². The summed E-state index contributed by atoms with van der Waals surface area (Å²) in [6, 6.07) is 3.28. The monoisotopic (exact) mass is 372 g/mol. The van der Waals surface area contributed by atoms with Crippen LogP contribution in [0.15, 0.2) is 23.1 Å². The van der Waals surface area contributed by atoms with E-state index in [0.29, 0.717) is 23.9 Å². The Hall–Kier alpha value is -1.70. The van der Waals surface area contributed by atoms with E-state index in [-0.39, 0.29) is 18.0 Å². The van der Waals surface area contributed by atoms with Crippen molar-refractivity contribution in [3.05, 3.63) is 23.8 Å². The van der Waals surface area contributed by atoms with Crippen molar-refractivity contribution in [2.45, 2.75) is 42.5 Å². The van der Waals surface area contributed by atoms with Crippen molar-refractivity contribution in [3.63, 3.8) is 0 Å². The molecule has 136 valence electrons. The van der Waals surface area contributed by atoms with Crippen molar-refractivity contribution in [2.75, 3.05) is 18.4 Å². The van der Waals surface area contributed by atoms with Crippen LogP contribution in [0.2, 0.25) is 0 Å². The molecule has 0 spiro atoms. The van der Waals surface area contributed by atoms with Crippen LogP contribution in [0.25, 0.3) is 0 Å². The number of piperidine rings is 1. The maximum Gasteiger partial charge on any atom is 0.416 e. The van der Waals surface area contributed by atoms with E-state index in [2.05, 4.69) is 12.2 Å². The lowest BCUT2D eigenvalue weighted by Gasteiger charge is -2.32. The first-order valence-corrected chi connectivity index (χ1v) is 9.08. The molecule has 2 atom stereocenters. The van der Waals surface area contributed by atoms with Gasteiger partial charge in [0, 0.05) is 24.4 Å². The number of likely N-dealkylation sites (tertiary alicyclic amines) is 1. The third-order valence-corrected chi connectivity index (χ3v) is 5.77. The summed E-state index contributed by atoms with van der Waals surface area (Å²) in [7, 11) is 0. The number of nitrogens with one attached hydrogen (secondary N) is 1. The number of halogens is 3. The predicted octanol–water partition coefficient (Wildman–Crippen LogP) is 3.77. The number of nitrogens with zero attached hydrogens (tertiary/aromatic N) is 1. The van der Waals surface area contributed by atoms with Crippen molar-refractivity contribution in [3.8, 4) is 0 Å². The second-order valence-electron chi connectivity index (χ2n) is 6.60. The Balaban J connectivity index is 1.69. The Bertz CT molecular complexity index is 693. The largest absolute Gasteiger partial charge is 0.416 e. The quantitative estimate of drug-likeness (QED) is 0.860. The molecule has 0 bridgehead atoms. The number of benzene rings is 1. The maximum atomic E-state index is 12.8. The van der Waals surface area contributed by atoms with Crippen molar-refractivity contribution < 1.29 is 22.8 Å². The van der Waals surface area contributed by atoms with Crippen molar-refractivity contribution >= 4 is 29.3 Å². The fraction of sp³-hybridized carbons (Fsp3) is 0.529. The molecule has 2 heterocycles. The summed E-state index contributed by atoms with van der Waals surface area (Å²) in [4.78, 5) is 27.0. The van der Waals surface area contributed by atoms with E-state index < -0.39 is 22.9 Å². The number of carbonyl (C=O) groups excluding carboxylic acids is 2. The first-order valence-electron chi connectivity index (χ1n) is 8.20. The smallest absolute Gasteiger partial charge is 0.342 e. The van der Waals surface area contributed by atoms with Gasteiger partial charge in [-0.3, -0.25) is 9.59 Å². The Morgan fingerprint density at radius 2 is 2.16 bits per heavy atom. The molecule has 0 radical (unpaired) electrons. The van der Waals surface area contributed by atoms with E-state index in [0.717, 1.165) is 36.7 Å². The summed E-state index contributed by atoms with van der Waals surface area (Å²) in [5.74, 6) is -0.0446. The molecular weight excluding hydrogens is 353 g/mol. The Morgan fingerprint density at radius 1 is 1.40 bits per heavy atom. The first kappa shape index (κ1) is 18.1. The molecule has 1 saturated heterocycles. The van der Waals surface area contributed by atoms with Gasteiger partial charge in [-0.1, -0.05) is 6.92 Å². The zero-order valence-electron chi connectivity index (χ0n) is 13.7. The Kier molecular flexibility index (Phi) is 4.99. The fourth-order valence-corrected chi connectivity index (χ4v) is 4.25. The van der Waals surface area contributed by atoms with Gasteiger partial charge in [-0.25, -0.2) is 0 Å². The van der Waals surface area contributed by atoms with Crippen molar-refractivity contribution in [1.82, 2.24) is 4.90 Å². The summed E-state index contributed by atoms with van der Waals surface area (Å²) in [5.41, 5.74) is -0.649. The molecule has 0 aliphatic carbocycles. The van der Waals surface area contributed by atoms with Gasteiger partial charge in [0.15, 0.2) is 0 Å². The van der Waals surface area contributed by atoms with Crippen molar-refractivity contribution in [2.24, 2.45) is 5.92 Å². The molecule has 1 N–H and O–H groups in total. The van der Waals surface area contributed by atoms with Gasteiger partial charge in [0.1, 0.15) is 0 Å². The molecular formula is C17H19F3N2O2S. The lowest BCUT2D eigenvalue weighted by Crippen LogP contribution is -2.42. The predicted molar refractivity (Wildman–Crippen MR) is 89.3 cm³/mol.